The van der Waals surface area contributed by atoms with Gasteiger partial charge in [-0.3, -0.25) is 14.9 Å². The number of nitrogens with zero attached hydrogens (tertiary/aromatic N) is 3. The quantitative estimate of drug-likeness (QED) is 0.253. The Bertz CT molecular complexity index is 1390. The van der Waals surface area contributed by atoms with Crippen LogP contribution in [0, 0.1) is 10.1 Å². The first-order chi connectivity index (χ1) is 16.5. The van der Waals surface area contributed by atoms with Crippen molar-refractivity contribution in [1.82, 2.24) is 9.78 Å². The fourth-order valence-corrected chi connectivity index (χ4v) is 4.82. The molecule has 0 unspecified atom stereocenters. The van der Waals surface area contributed by atoms with Crippen LogP contribution in [0.4, 0.5) is 11.5 Å². The summed E-state index contributed by atoms with van der Waals surface area (Å²) in [5, 5.41) is 18.8. The van der Waals surface area contributed by atoms with Crippen LogP contribution in [0.3, 0.4) is 0 Å². The predicted octanol–water partition coefficient (Wildman–Crippen LogP) is 6.23. The normalized spacial score (nSPS) is 12.3. The minimum atomic E-state index is -0.565. The summed E-state index contributed by atoms with van der Waals surface area (Å²) in [5.74, 6) is 2.80. The average molecular weight is 493 g/mol. The zero-order valence-corrected chi connectivity index (χ0v) is 19.2. The van der Waals surface area contributed by atoms with Crippen LogP contribution < -0.4 is 10.1 Å². The van der Waals surface area contributed by atoms with Crippen LogP contribution in [0.15, 0.2) is 72.8 Å². The van der Waals surface area contributed by atoms with Gasteiger partial charge in [-0.1, -0.05) is 29.8 Å². The summed E-state index contributed by atoms with van der Waals surface area (Å²) in [6.45, 7) is 0. The standard InChI is InChI=1S/C24H17ClN4O4S/c25-21-11-8-16(29(31)32)12-19(21)24(30)26-23-20-13-34-14-22(20)27-28(23)15-6-9-18(10-7-15)33-17-4-2-1-3-5-17/h1-12H,13-14H2,(H,26,30). The SMILES string of the molecule is O=C(Nc1c2c(nn1-c1ccc(Oc3ccccc3)cc1)CSC2)c1cc([N+](=O)[O-])ccc1Cl. The number of non-ortho nitro benzene ring substituents is 1. The van der Waals surface area contributed by atoms with Gasteiger partial charge in [-0.05, 0) is 42.5 Å². The number of halogens is 1. The van der Waals surface area contributed by atoms with Gasteiger partial charge in [-0.25, -0.2) is 4.68 Å². The highest BCUT2D eigenvalue weighted by Crippen LogP contribution is 2.37. The molecule has 0 radical (unpaired) electrons. The number of amides is 1. The van der Waals surface area contributed by atoms with E-state index in [0.29, 0.717) is 17.3 Å². The molecule has 4 aromatic rings. The zero-order valence-electron chi connectivity index (χ0n) is 17.6. The second kappa shape index (κ2) is 9.20. The first-order valence-corrected chi connectivity index (χ1v) is 11.8. The van der Waals surface area contributed by atoms with Crippen molar-refractivity contribution >= 4 is 40.8 Å². The van der Waals surface area contributed by atoms with Crippen molar-refractivity contribution in [2.24, 2.45) is 0 Å². The maximum absolute atomic E-state index is 13.1. The number of carbonyl (C=O) groups is 1. The number of thioether (sulfide) groups is 1. The molecule has 0 fully saturated rings. The highest BCUT2D eigenvalue weighted by Gasteiger charge is 2.26. The Balaban J connectivity index is 1.45. The van der Waals surface area contributed by atoms with Gasteiger partial charge in [0.2, 0.25) is 0 Å². The van der Waals surface area contributed by atoms with Crippen molar-refractivity contribution < 1.29 is 14.5 Å². The Morgan fingerprint density at radius 2 is 1.79 bits per heavy atom. The van der Waals surface area contributed by atoms with E-state index in [0.717, 1.165) is 28.4 Å². The third-order valence-electron chi connectivity index (χ3n) is 5.25. The number of benzene rings is 3. The number of carbonyl (C=O) groups excluding carboxylic acids is 1. The third kappa shape index (κ3) is 4.35. The van der Waals surface area contributed by atoms with E-state index >= 15 is 0 Å². The van der Waals surface area contributed by atoms with Crippen LogP contribution in [0.25, 0.3) is 5.69 Å². The molecule has 1 amide bonds. The lowest BCUT2D eigenvalue weighted by Gasteiger charge is -2.12. The maximum Gasteiger partial charge on any atom is 0.270 e. The molecule has 34 heavy (non-hydrogen) atoms. The highest BCUT2D eigenvalue weighted by molar-refractivity contribution is 7.98. The minimum absolute atomic E-state index is 0.0228. The predicted molar refractivity (Wildman–Crippen MR) is 131 cm³/mol. The fourth-order valence-electron chi connectivity index (χ4n) is 3.58. The zero-order chi connectivity index (χ0) is 23.7. The molecule has 1 aliphatic rings. The molecule has 0 bridgehead atoms. The van der Waals surface area contributed by atoms with E-state index in [-0.39, 0.29) is 16.3 Å². The molecule has 0 aliphatic carbocycles. The van der Waals surface area contributed by atoms with E-state index in [1.807, 2.05) is 54.6 Å². The van der Waals surface area contributed by atoms with E-state index < -0.39 is 10.8 Å². The maximum atomic E-state index is 13.1. The smallest absolute Gasteiger partial charge is 0.270 e. The molecule has 8 nitrogen and oxygen atoms in total. The summed E-state index contributed by atoms with van der Waals surface area (Å²) in [4.78, 5) is 23.6. The molecule has 10 heteroatoms. The average Bonchev–Trinajstić information content (AvgIpc) is 3.43. The summed E-state index contributed by atoms with van der Waals surface area (Å²) in [5.41, 5.74) is 2.35. The number of hydrogen-bond donors (Lipinski definition) is 1. The fraction of sp³-hybridized carbons (Fsp3) is 0.0833. The molecular formula is C24H17ClN4O4S. The number of ether oxygens (including phenoxy) is 1. The molecule has 1 aromatic heterocycles. The van der Waals surface area contributed by atoms with Gasteiger partial charge in [-0.2, -0.15) is 16.9 Å². The lowest BCUT2D eigenvalue weighted by Crippen LogP contribution is -2.17. The van der Waals surface area contributed by atoms with Crippen LogP contribution >= 0.6 is 23.4 Å². The van der Waals surface area contributed by atoms with E-state index in [1.165, 1.54) is 18.2 Å². The molecule has 0 atom stereocenters. The number of aromatic nitrogens is 2. The van der Waals surface area contributed by atoms with Gasteiger partial charge in [0.05, 0.1) is 26.9 Å². The summed E-state index contributed by atoms with van der Waals surface area (Å²) >= 11 is 7.87. The van der Waals surface area contributed by atoms with Crippen LogP contribution in [-0.2, 0) is 11.5 Å². The number of nitro benzene ring substituents is 1. The first kappa shape index (κ1) is 22.0. The second-order valence-corrected chi connectivity index (χ2v) is 8.86. The number of nitrogens with one attached hydrogen (secondary N) is 1. The molecule has 0 saturated carbocycles. The summed E-state index contributed by atoms with van der Waals surface area (Å²) in [6.07, 6.45) is 0. The topological polar surface area (TPSA) is 99.3 Å². The number of rotatable bonds is 6. The van der Waals surface area contributed by atoms with Gasteiger partial charge >= 0.3 is 0 Å². The van der Waals surface area contributed by atoms with Crippen LogP contribution in [0.2, 0.25) is 5.02 Å². The highest BCUT2D eigenvalue weighted by atomic mass is 35.5. The number of nitro groups is 1. The largest absolute Gasteiger partial charge is 0.457 e. The first-order valence-electron chi connectivity index (χ1n) is 10.3. The molecule has 3 aromatic carbocycles. The summed E-state index contributed by atoms with van der Waals surface area (Å²) in [6, 6.07) is 20.6. The summed E-state index contributed by atoms with van der Waals surface area (Å²) in [7, 11) is 0. The molecule has 1 N–H and O–H groups in total. The Morgan fingerprint density at radius 3 is 2.53 bits per heavy atom. The van der Waals surface area contributed by atoms with Crippen LogP contribution in [0.5, 0.6) is 11.5 Å². The minimum Gasteiger partial charge on any atom is -0.457 e. The van der Waals surface area contributed by atoms with Gasteiger partial charge in [-0.15, -0.1) is 0 Å². The Kier molecular flexibility index (Phi) is 5.95. The lowest BCUT2D eigenvalue weighted by atomic mass is 10.2. The van der Waals surface area contributed by atoms with E-state index in [4.69, 9.17) is 16.3 Å². The van der Waals surface area contributed by atoms with Gasteiger partial charge in [0.15, 0.2) is 0 Å². The van der Waals surface area contributed by atoms with Crippen molar-refractivity contribution in [3.8, 4) is 17.2 Å². The van der Waals surface area contributed by atoms with Gasteiger partial charge < -0.3 is 10.1 Å². The molecule has 0 saturated heterocycles. The number of para-hydroxylation sites is 1. The van der Waals surface area contributed by atoms with Crippen molar-refractivity contribution in [2.45, 2.75) is 11.5 Å². The molecular weight excluding hydrogens is 476 g/mol. The third-order valence-corrected chi connectivity index (χ3v) is 6.55. The molecule has 2 heterocycles. The van der Waals surface area contributed by atoms with Crippen LogP contribution in [0.1, 0.15) is 21.6 Å². The number of hydrogen-bond acceptors (Lipinski definition) is 6. The van der Waals surface area contributed by atoms with Gasteiger partial charge in [0.25, 0.3) is 11.6 Å². The number of fused-ring (bicyclic) bond motifs is 1. The van der Waals surface area contributed by atoms with Crippen LogP contribution in [-0.4, -0.2) is 20.6 Å². The summed E-state index contributed by atoms with van der Waals surface area (Å²) < 4.78 is 7.52. The van der Waals surface area contributed by atoms with E-state index in [9.17, 15) is 14.9 Å². The Labute approximate surface area is 203 Å². The molecule has 5 rings (SSSR count). The van der Waals surface area contributed by atoms with Crippen molar-refractivity contribution in [1.29, 1.82) is 0 Å². The Morgan fingerprint density at radius 1 is 1.06 bits per heavy atom. The molecule has 170 valence electrons. The van der Waals surface area contributed by atoms with Crippen molar-refractivity contribution in [3.63, 3.8) is 0 Å². The van der Waals surface area contributed by atoms with Crippen molar-refractivity contribution in [2.75, 3.05) is 5.32 Å². The monoisotopic (exact) mass is 492 g/mol. The van der Waals surface area contributed by atoms with Gasteiger partial charge in [0.1, 0.15) is 17.3 Å². The van der Waals surface area contributed by atoms with Gasteiger partial charge in [0, 0.05) is 29.2 Å². The Hall–Kier alpha value is -3.82. The van der Waals surface area contributed by atoms with E-state index in [1.54, 1.807) is 16.4 Å². The lowest BCUT2D eigenvalue weighted by molar-refractivity contribution is -0.384. The van der Waals surface area contributed by atoms with E-state index in [2.05, 4.69) is 10.4 Å². The number of anilines is 1. The molecule has 1 aliphatic heterocycles. The molecule has 0 spiro atoms. The second-order valence-electron chi connectivity index (χ2n) is 7.46. The van der Waals surface area contributed by atoms with Crippen molar-refractivity contribution in [3.05, 3.63) is 105 Å².